The van der Waals surface area contributed by atoms with Gasteiger partial charge in [-0.15, -0.1) is 0 Å². The van der Waals surface area contributed by atoms with Gasteiger partial charge in [0.25, 0.3) is 5.91 Å². The van der Waals surface area contributed by atoms with Crippen LogP contribution in [0.1, 0.15) is 35.7 Å². The fraction of sp³-hybridized carbons (Fsp3) is 0.435. The van der Waals surface area contributed by atoms with E-state index >= 15 is 0 Å². The molecule has 1 aliphatic heterocycles. The third-order valence-corrected chi connectivity index (χ3v) is 5.35. The van der Waals surface area contributed by atoms with Crippen LogP contribution in [0.25, 0.3) is 0 Å². The molecule has 1 atom stereocenters. The maximum Gasteiger partial charge on any atom is 0.251 e. The molecule has 6 nitrogen and oxygen atoms in total. The number of carbonyl (C=O) groups excluding carboxylic acids is 1. The third-order valence-electron chi connectivity index (χ3n) is 5.35. The molecule has 1 N–H and O–H groups in total. The van der Waals surface area contributed by atoms with Gasteiger partial charge in [-0.25, -0.2) is 0 Å². The van der Waals surface area contributed by atoms with E-state index in [9.17, 15) is 4.79 Å². The van der Waals surface area contributed by atoms with Crippen LogP contribution in [0, 0.1) is 0 Å². The average Bonchev–Trinajstić information content (AvgIpc) is 3.23. The third kappa shape index (κ3) is 5.21. The highest BCUT2D eigenvalue weighted by Crippen LogP contribution is 2.39. The number of hydrogen-bond acceptors (Lipinski definition) is 5. The number of ether oxygens (including phenoxy) is 3. The van der Waals surface area contributed by atoms with Gasteiger partial charge < -0.3 is 19.5 Å². The van der Waals surface area contributed by atoms with Crippen molar-refractivity contribution in [2.45, 2.75) is 32.4 Å². The molecule has 1 unspecified atom stereocenters. The number of rotatable bonds is 9. The van der Waals surface area contributed by atoms with Crippen LogP contribution in [0.3, 0.4) is 0 Å². The molecule has 2 aromatic rings. The van der Waals surface area contributed by atoms with Crippen molar-refractivity contribution in [3.63, 3.8) is 0 Å². The standard InChI is InChI=1S/C23H30N2O4/c1-4-25-12-8-11-19(25)15-24-23(26)18-13-20(27-2)22(21(14-18)28-3)29-16-17-9-6-5-7-10-17/h5-7,9-10,13-14,19H,4,8,11-12,15-16H2,1-3H3,(H,24,26). The predicted octanol–water partition coefficient (Wildman–Crippen LogP) is 3.50. The summed E-state index contributed by atoms with van der Waals surface area (Å²) in [5, 5.41) is 3.05. The Balaban J connectivity index is 1.71. The lowest BCUT2D eigenvalue weighted by atomic mass is 10.1. The maximum absolute atomic E-state index is 12.7. The number of nitrogens with zero attached hydrogens (tertiary/aromatic N) is 1. The molecule has 0 aromatic heterocycles. The van der Waals surface area contributed by atoms with Crippen molar-refractivity contribution in [2.75, 3.05) is 33.9 Å². The predicted molar refractivity (Wildman–Crippen MR) is 113 cm³/mol. The smallest absolute Gasteiger partial charge is 0.251 e. The number of benzene rings is 2. The fourth-order valence-electron chi connectivity index (χ4n) is 3.74. The van der Waals surface area contributed by atoms with Gasteiger partial charge in [0.15, 0.2) is 11.5 Å². The van der Waals surface area contributed by atoms with Gasteiger partial charge in [0.1, 0.15) is 6.61 Å². The fourth-order valence-corrected chi connectivity index (χ4v) is 3.74. The van der Waals surface area contributed by atoms with E-state index in [4.69, 9.17) is 14.2 Å². The monoisotopic (exact) mass is 398 g/mol. The van der Waals surface area contributed by atoms with E-state index in [0.717, 1.165) is 25.1 Å². The highest BCUT2D eigenvalue weighted by atomic mass is 16.5. The van der Waals surface area contributed by atoms with Crippen molar-refractivity contribution in [1.29, 1.82) is 0 Å². The molecule has 0 bridgehead atoms. The Morgan fingerprint density at radius 1 is 1.14 bits per heavy atom. The quantitative estimate of drug-likeness (QED) is 0.701. The number of carbonyl (C=O) groups is 1. The van der Waals surface area contributed by atoms with Crippen LogP contribution in [0.5, 0.6) is 17.2 Å². The number of likely N-dealkylation sites (N-methyl/N-ethyl adjacent to an activating group) is 1. The number of likely N-dealkylation sites (tertiary alicyclic amines) is 1. The van der Waals surface area contributed by atoms with Gasteiger partial charge in [-0.2, -0.15) is 0 Å². The topological polar surface area (TPSA) is 60.0 Å². The van der Waals surface area contributed by atoms with E-state index in [1.807, 2.05) is 30.3 Å². The molecule has 0 spiro atoms. The van der Waals surface area contributed by atoms with Crippen LogP contribution in [-0.2, 0) is 6.61 Å². The zero-order valence-electron chi connectivity index (χ0n) is 17.4. The molecule has 29 heavy (non-hydrogen) atoms. The summed E-state index contributed by atoms with van der Waals surface area (Å²) in [4.78, 5) is 15.1. The van der Waals surface area contributed by atoms with Crippen LogP contribution in [0.2, 0.25) is 0 Å². The van der Waals surface area contributed by atoms with E-state index in [2.05, 4.69) is 17.1 Å². The van der Waals surface area contributed by atoms with Crippen LogP contribution in [0.15, 0.2) is 42.5 Å². The lowest BCUT2D eigenvalue weighted by Crippen LogP contribution is -2.40. The Labute approximate surface area is 172 Å². The minimum Gasteiger partial charge on any atom is -0.493 e. The Bertz CT molecular complexity index is 785. The van der Waals surface area contributed by atoms with Crippen molar-refractivity contribution >= 4 is 5.91 Å². The van der Waals surface area contributed by atoms with E-state index in [-0.39, 0.29) is 5.91 Å². The SMILES string of the molecule is CCN1CCCC1CNC(=O)c1cc(OC)c(OCc2ccccc2)c(OC)c1. The number of methoxy groups -OCH3 is 2. The first kappa shape index (κ1) is 21.0. The molecule has 1 saturated heterocycles. The molecular weight excluding hydrogens is 368 g/mol. The molecule has 0 radical (unpaired) electrons. The van der Waals surface area contributed by atoms with Gasteiger partial charge in [-0.1, -0.05) is 37.3 Å². The second-order valence-electron chi connectivity index (χ2n) is 7.12. The maximum atomic E-state index is 12.7. The Morgan fingerprint density at radius 3 is 2.45 bits per heavy atom. The van der Waals surface area contributed by atoms with Gasteiger partial charge in [-0.05, 0) is 43.6 Å². The summed E-state index contributed by atoms with van der Waals surface area (Å²) in [6.07, 6.45) is 2.30. The zero-order chi connectivity index (χ0) is 20.6. The first-order valence-corrected chi connectivity index (χ1v) is 10.1. The summed E-state index contributed by atoms with van der Waals surface area (Å²) in [5.74, 6) is 1.30. The molecule has 3 rings (SSSR count). The Hall–Kier alpha value is -2.73. The first-order valence-electron chi connectivity index (χ1n) is 10.1. The van der Waals surface area contributed by atoms with E-state index in [1.165, 1.54) is 6.42 Å². The van der Waals surface area contributed by atoms with Crippen molar-refractivity contribution in [3.05, 3.63) is 53.6 Å². The van der Waals surface area contributed by atoms with Gasteiger partial charge in [0.2, 0.25) is 5.75 Å². The summed E-state index contributed by atoms with van der Waals surface area (Å²) < 4.78 is 16.9. The van der Waals surface area contributed by atoms with E-state index in [0.29, 0.717) is 42.0 Å². The molecule has 0 aliphatic carbocycles. The summed E-state index contributed by atoms with van der Waals surface area (Å²) in [6, 6.07) is 13.7. The van der Waals surface area contributed by atoms with Gasteiger partial charge in [-0.3, -0.25) is 9.69 Å². The van der Waals surface area contributed by atoms with E-state index in [1.54, 1.807) is 26.4 Å². The largest absolute Gasteiger partial charge is 0.493 e. The summed E-state index contributed by atoms with van der Waals surface area (Å²) >= 11 is 0. The molecule has 1 amide bonds. The molecule has 156 valence electrons. The normalized spacial score (nSPS) is 16.4. The van der Waals surface area contributed by atoms with Crippen LogP contribution in [-0.4, -0.2) is 50.7 Å². The van der Waals surface area contributed by atoms with Crippen molar-refractivity contribution in [1.82, 2.24) is 10.2 Å². The molecule has 6 heteroatoms. The van der Waals surface area contributed by atoms with E-state index < -0.39 is 0 Å². The molecule has 1 aliphatic rings. The second-order valence-corrected chi connectivity index (χ2v) is 7.12. The van der Waals surface area contributed by atoms with Crippen molar-refractivity contribution in [2.24, 2.45) is 0 Å². The van der Waals surface area contributed by atoms with Crippen LogP contribution < -0.4 is 19.5 Å². The lowest BCUT2D eigenvalue weighted by Gasteiger charge is -2.23. The molecular formula is C23H30N2O4. The molecule has 0 saturated carbocycles. The summed E-state index contributed by atoms with van der Waals surface area (Å²) in [7, 11) is 3.12. The molecule has 1 fully saturated rings. The number of hydrogen-bond donors (Lipinski definition) is 1. The average molecular weight is 399 g/mol. The second kappa shape index (κ2) is 10.2. The number of amides is 1. The van der Waals surface area contributed by atoms with Gasteiger partial charge in [0.05, 0.1) is 14.2 Å². The van der Waals surface area contributed by atoms with Crippen LogP contribution in [0.4, 0.5) is 0 Å². The highest BCUT2D eigenvalue weighted by molar-refractivity contribution is 5.95. The van der Waals surface area contributed by atoms with Crippen molar-refractivity contribution < 1.29 is 19.0 Å². The van der Waals surface area contributed by atoms with Crippen LogP contribution >= 0.6 is 0 Å². The first-order chi connectivity index (χ1) is 14.2. The van der Waals surface area contributed by atoms with Gasteiger partial charge >= 0.3 is 0 Å². The summed E-state index contributed by atoms with van der Waals surface area (Å²) in [5.41, 5.74) is 1.53. The Kier molecular flexibility index (Phi) is 7.36. The molecule has 2 aromatic carbocycles. The minimum atomic E-state index is -0.140. The highest BCUT2D eigenvalue weighted by Gasteiger charge is 2.24. The Morgan fingerprint density at radius 2 is 1.83 bits per heavy atom. The number of nitrogens with one attached hydrogen (secondary N) is 1. The van der Waals surface area contributed by atoms with Gasteiger partial charge in [0, 0.05) is 18.2 Å². The minimum absolute atomic E-state index is 0.140. The van der Waals surface area contributed by atoms with Crippen molar-refractivity contribution in [3.8, 4) is 17.2 Å². The zero-order valence-corrected chi connectivity index (χ0v) is 17.4. The molecule has 1 heterocycles. The summed E-state index contributed by atoms with van der Waals surface area (Å²) in [6.45, 7) is 5.29. The lowest BCUT2D eigenvalue weighted by molar-refractivity contribution is 0.0940.